The summed E-state index contributed by atoms with van der Waals surface area (Å²) in [6, 6.07) is 11.0. The molecular formula is C20H24ClNO4. The normalized spacial score (nSPS) is 11.6. The molecule has 0 spiro atoms. The molecule has 0 aliphatic rings. The van der Waals surface area contributed by atoms with E-state index >= 15 is 0 Å². The molecule has 1 amide bonds. The molecule has 0 aromatic heterocycles. The lowest BCUT2D eigenvalue weighted by molar-refractivity contribution is -0.122. The number of hydrogen-bond acceptors (Lipinski definition) is 4. The van der Waals surface area contributed by atoms with E-state index < -0.39 is 6.10 Å². The molecule has 0 fully saturated rings. The van der Waals surface area contributed by atoms with Crippen molar-refractivity contribution in [2.24, 2.45) is 0 Å². The summed E-state index contributed by atoms with van der Waals surface area (Å²) in [5.41, 5.74) is 1.69. The monoisotopic (exact) mass is 377 g/mol. The molecule has 2 aromatic carbocycles. The summed E-state index contributed by atoms with van der Waals surface area (Å²) in [6.07, 6.45) is 0.846. The van der Waals surface area contributed by atoms with E-state index in [0.717, 1.165) is 6.42 Å². The van der Waals surface area contributed by atoms with Gasteiger partial charge in [0.25, 0.3) is 5.91 Å². The summed E-state index contributed by atoms with van der Waals surface area (Å²) in [4.78, 5) is 12.7. The minimum Gasteiger partial charge on any atom is -0.495 e. The van der Waals surface area contributed by atoms with Gasteiger partial charge < -0.3 is 19.5 Å². The summed E-state index contributed by atoms with van der Waals surface area (Å²) in [6.45, 7) is 3.98. The second-order valence-electron chi connectivity index (χ2n) is 5.69. The molecule has 0 aliphatic heterocycles. The van der Waals surface area contributed by atoms with Crippen LogP contribution in [0.4, 0.5) is 5.69 Å². The Morgan fingerprint density at radius 3 is 2.27 bits per heavy atom. The van der Waals surface area contributed by atoms with Crippen LogP contribution in [0.1, 0.15) is 25.8 Å². The minimum absolute atomic E-state index is 0.269. The van der Waals surface area contributed by atoms with Crippen molar-refractivity contribution in [3.63, 3.8) is 0 Å². The van der Waals surface area contributed by atoms with Crippen molar-refractivity contribution in [1.29, 1.82) is 0 Å². The Kier molecular flexibility index (Phi) is 7.16. The average Bonchev–Trinajstić information content (AvgIpc) is 2.67. The molecule has 1 N–H and O–H groups in total. The van der Waals surface area contributed by atoms with E-state index in [9.17, 15) is 4.79 Å². The molecule has 0 saturated heterocycles. The van der Waals surface area contributed by atoms with Crippen LogP contribution in [0.15, 0.2) is 36.4 Å². The quantitative estimate of drug-likeness (QED) is 0.723. The van der Waals surface area contributed by atoms with E-state index in [1.54, 1.807) is 12.1 Å². The SMILES string of the molecule is CCc1ccc(O[C@@H](CC)C(=O)Nc2cc(OC)c(Cl)cc2OC)cc1. The van der Waals surface area contributed by atoms with E-state index in [2.05, 4.69) is 12.2 Å². The number of hydrogen-bond donors (Lipinski definition) is 1. The average molecular weight is 378 g/mol. The Morgan fingerprint density at radius 1 is 1.08 bits per heavy atom. The van der Waals surface area contributed by atoms with Crippen LogP contribution in [0.2, 0.25) is 5.02 Å². The summed E-state index contributed by atoms with van der Waals surface area (Å²) in [5.74, 6) is 1.29. The zero-order valence-electron chi connectivity index (χ0n) is 15.5. The Bertz CT molecular complexity index is 746. The maximum atomic E-state index is 12.7. The van der Waals surface area contributed by atoms with Crippen LogP contribution in [-0.2, 0) is 11.2 Å². The Hall–Kier alpha value is -2.40. The molecule has 26 heavy (non-hydrogen) atoms. The van der Waals surface area contributed by atoms with Gasteiger partial charge in [-0.1, -0.05) is 37.6 Å². The van der Waals surface area contributed by atoms with Crippen molar-refractivity contribution in [3.05, 3.63) is 47.0 Å². The highest BCUT2D eigenvalue weighted by atomic mass is 35.5. The van der Waals surface area contributed by atoms with Crippen LogP contribution in [0.3, 0.4) is 0 Å². The van der Waals surface area contributed by atoms with E-state index in [-0.39, 0.29) is 5.91 Å². The number of carbonyl (C=O) groups is 1. The van der Waals surface area contributed by atoms with Crippen LogP contribution in [0.25, 0.3) is 0 Å². The first-order chi connectivity index (χ1) is 12.5. The van der Waals surface area contributed by atoms with Gasteiger partial charge in [-0.3, -0.25) is 4.79 Å². The van der Waals surface area contributed by atoms with Gasteiger partial charge in [0.2, 0.25) is 0 Å². The fraction of sp³-hybridized carbons (Fsp3) is 0.350. The molecule has 1 atom stereocenters. The minimum atomic E-state index is -0.631. The van der Waals surface area contributed by atoms with Crippen LogP contribution in [-0.4, -0.2) is 26.2 Å². The van der Waals surface area contributed by atoms with Gasteiger partial charge in [0.05, 0.1) is 24.9 Å². The molecule has 0 heterocycles. The fourth-order valence-corrected chi connectivity index (χ4v) is 2.69. The van der Waals surface area contributed by atoms with Crippen LogP contribution in [0.5, 0.6) is 17.2 Å². The lowest BCUT2D eigenvalue weighted by atomic mass is 10.1. The molecular weight excluding hydrogens is 354 g/mol. The largest absolute Gasteiger partial charge is 0.495 e. The molecule has 6 heteroatoms. The van der Waals surface area contributed by atoms with Gasteiger partial charge in [-0.25, -0.2) is 0 Å². The highest BCUT2D eigenvalue weighted by Gasteiger charge is 2.21. The number of halogens is 1. The van der Waals surface area contributed by atoms with Gasteiger partial charge in [0.15, 0.2) is 6.10 Å². The van der Waals surface area contributed by atoms with Crippen molar-refractivity contribution < 1.29 is 19.0 Å². The smallest absolute Gasteiger partial charge is 0.265 e. The number of aryl methyl sites for hydroxylation is 1. The number of nitrogens with one attached hydrogen (secondary N) is 1. The first kappa shape index (κ1) is 19.9. The molecule has 0 bridgehead atoms. The van der Waals surface area contributed by atoms with Gasteiger partial charge >= 0.3 is 0 Å². The summed E-state index contributed by atoms with van der Waals surface area (Å²) in [5, 5.41) is 3.23. The van der Waals surface area contributed by atoms with E-state index in [0.29, 0.717) is 34.4 Å². The number of rotatable bonds is 8. The Labute approximate surface area is 159 Å². The first-order valence-electron chi connectivity index (χ1n) is 8.50. The Balaban J connectivity index is 2.15. The number of methoxy groups -OCH3 is 2. The van der Waals surface area contributed by atoms with Crippen molar-refractivity contribution in [1.82, 2.24) is 0 Å². The van der Waals surface area contributed by atoms with Crippen molar-refractivity contribution >= 4 is 23.2 Å². The maximum Gasteiger partial charge on any atom is 0.265 e. The van der Waals surface area contributed by atoms with Crippen LogP contribution in [0, 0.1) is 0 Å². The first-order valence-corrected chi connectivity index (χ1v) is 8.88. The molecule has 0 unspecified atom stereocenters. The third-order valence-corrected chi connectivity index (χ3v) is 4.30. The molecule has 2 aromatic rings. The summed E-state index contributed by atoms with van der Waals surface area (Å²) >= 11 is 6.10. The highest BCUT2D eigenvalue weighted by molar-refractivity contribution is 6.32. The third-order valence-electron chi connectivity index (χ3n) is 4.00. The molecule has 2 rings (SSSR count). The maximum absolute atomic E-state index is 12.7. The van der Waals surface area contributed by atoms with Gasteiger partial charge in [-0.05, 0) is 30.5 Å². The predicted octanol–water partition coefficient (Wildman–Crippen LogP) is 4.72. The van der Waals surface area contributed by atoms with Crippen molar-refractivity contribution in [3.8, 4) is 17.2 Å². The van der Waals surface area contributed by atoms with Crippen LogP contribution < -0.4 is 19.5 Å². The zero-order chi connectivity index (χ0) is 19.1. The fourth-order valence-electron chi connectivity index (χ4n) is 2.46. The second kappa shape index (κ2) is 9.34. The standard InChI is InChI=1S/C20H24ClNO4/c1-5-13-7-9-14(10-8-13)26-17(6-2)20(23)22-16-12-18(24-3)15(21)11-19(16)25-4/h7-12,17H,5-6H2,1-4H3,(H,22,23)/t17-/m0/s1. The summed E-state index contributed by atoms with van der Waals surface area (Å²) in [7, 11) is 3.02. The molecule has 140 valence electrons. The number of benzene rings is 2. The van der Waals surface area contributed by atoms with E-state index in [1.165, 1.54) is 19.8 Å². The number of ether oxygens (including phenoxy) is 3. The number of carbonyl (C=O) groups excluding carboxylic acids is 1. The van der Waals surface area contributed by atoms with Gasteiger partial charge in [0, 0.05) is 12.1 Å². The zero-order valence-corrected chi connectivity index (χ0v) is 16.2. The van der Waals surface area contributed by atoms with Gasteiger partial charge in [0.1, 0.15) is 17.2 Å². The van der Waals surface area contributed by atoms with Gasteiger partial charge in [-0.15, -0.1) is 0 Å². The van der Waals surface area contributed by atoms with E-state index in [4.69, 9.17) is 25.8 Å². The van der Waals surface area contributed by atoms with Crippen LogP contribution >= 0.6 is 11.6 Å². The lowest BCUT2D eigenvalue weighted by Crippen LogP contribution is -2.32. The van der Waals surface area contributed by atoms with Crippen molar-refractivity contribution in [2.75, 3.05) is 19.5 Å². The molecule has 5 nitrogen and oxygen atoms in total. The second-order valence-corrected chi connectivity index (χ2v) is 6.10. The predicted molar refractivity (Wildman–Crippen MR) is 104 cm³/mol. The highest BCUT2D eigenvalue weighted by Crippen LogP contribution is 2.36. The topological polar surface area (TPSA) is 56.8 Å². The number of anilines is 1. The molecule has 0 saturated carbocycles. The molecule has 0 radical (unpaired) electrons. The van der Waals surface area contributed by atoms with Gasteiger partial charge in [-0.2, -0.15) is 0 Å². The third kappa shape index (κ3) is 4.82. The van der Waals surface area contributed by atoms with Crippen molar-refractivity contribution in [2.45, 2.75) is 32.8 Å². The Morgan fingerprint density at radius 2 is 1.73 bits per heavy atom. The van der Waals surface area contributed by atoms with E-state index in [1.807, 2.05) is 31.2 Å². The molecule has 0 aliphatic carbocycles. The number of amides is 1. The lowest BCUT2D eigenvalue weighted by Gasteiger charge is -2.19. The summed E-state index contributed by atoms with van der Waals surface area (Å²) < 4.78 is 16.3.